The van der Waals surface area contributed by atoms with E-state index in [0.717, 1.165) is 31.0 Å². The van der Waals surface area contributed by atoms with E-state index in [-0.39, 0.29) is 5.75 Å². The first-order chi connectivity index (χ1) is 9.47. The van der Waals surface area contributed by atoms with Crippen molar-refractivity contribution in [2.45, 2.75) is 10.9 Å². The molecule has 0 aliphatic heterocycles. The fourth-order valence-electron chi connectivity index (χ4n) is 1.27. The molecule has 0 saturated heterocycles. The van der Waals surface area contributed by atoms with Gasteiger partial charge in [-0.1, -0.05) is 0 Å². The Kier molecular flexibility index (Phi) is 6.40. The number of carbonyl (C=O) groups excluding carboxylic acids is 2. The van der Waals surface area contributed by atoms with E-state index in [1.807, 2.05) is 0 Å². The molecule has 0 saturated carbocycles. The van der Waals surface area contributed by atoms with Crippen molar-refractivity contribution >= 4 is 23.6 Å². The summed E-state index contributed by atoms with van der Waals surface area (Å²) in [6.45, 7) is -0.589. The number of methoxy groups -OCH3 is 1. The van der Waals surface area contributed by atoms with E-state index < -0.39 is 36.2 Å². The Bertz CT molecular complexity index is 498. The van der Waals surface area contributed by atoms with Crippen molar-refractivity contribution in [1.29, 1.82) is 0 Å². The third-order valence-corrected chi connectivity index (χ3v) is 3.26. The summed E-state index contributed by atoms with van der Waals surface area (Å²) < 4.78 is 30.0. The van der Waals surface area contributed by atoms with Crippen molar-refractivity contribution in [2.24, 2.45) is 0 Å². The van der Waals surface area contributed by atoms with Crippen molar-refractivity contribution in [3.63, 3.8) is 0 Å². The van der Waals surface area contributed by atoms with Crippen LogP contribution in [0.5, 0.6) is 0 Å². The van der Waals surface area contributed by atoms with Gasteiger partial charge in [0.25, 0.3) is 0 Å². The second kappa shape index (κ2) is 7.81. The molecule has 0 radical (unpaired) electrons. The molecular formula is C12H13F2NO4S. The monoisotopic (exact) mass is 305 g/mol. The van der Waals surface area contributed by atoms with Crippen molar-refractivity contribution in [1.82, 2.24) is 5.32 Å². The van der Waals surface area contributed by atoms with E-state index >= 15 is 0 Å². The van der Waals surface area contributed by atoms with E-state index in [1.54, 1.807) is 0 Å². The summed E-state index contributed by atoms with van der Waals surface area (Å²) in [4.78, 5) is 23.1. The number of hydrogen-bond donors (Lipinski definition) is 2. The maximum absolute atomic E-state index is 12.9. The van der Waals surface area contributed by atoms with Crippen LogP contribution in [0.4, 0.5) is 8.78 Å². The van der Waals surface area contributed by atoms with Crippen LogP contribution in [0.15, 0.2) is 23.1 Å². The largest absolute Gasteiger partial charge is 0.467 e. The minimum absolute atomic E-state index is 0.113. The van der Waals surface area contributed by atoms with Crippen LogP contribution < -0.4 is 5.32 Å². The number of nitrogens with one attached hydrogen (secondary N) is 1. The number of ether oxygens (including phenoxy) is 1. The Morgan fingerprint density at radius 3 is 2.65 bits per heavy atom. The van der Waals surface area contributed by atoms with Crippen molar-refractivity contribution in [3.8, 4) is 0 Å². The molecule has 8 heteroatoms. The molecule has 0 spiro atoms. The van der Waals surface area contributed by atoms with Gasteiger partial charge in [-0.25, -0.2) is 13.6 Å². The van der Waals surface area contributed by atoms with Gasteiger partial charge in [0.1, 0.15) is 0 Å². The van der Waals surface area contributed by atoms with E-state index in [1.165, 1.54) is 6.07 Å². The average Bonchev–Trinajstić information content (AvgIpc) is 2.45. The Hall–Kier alpha value is -1.67. The molecule has 0 bridgehead atoms. The summed E-state index contributed by atoms with van der Waals surface area (Å²) in [7, 11) is 1.13. The highest BCUT2D eigenvalue weighted by molar-refractivity contribution is 8.00. The predicted octanol–water partition coefficient (Wildman–Crippen LogP) is 0.707. The predicted molar refractivity (Wildman–Crippen MR) is 68.1 cm³/mol. The molecule has 5 nitrogen and oxygen atoms in total. The maximum Gasteiger partial charge on any atom is 0.330 e. The lowest BCUT2D eigenvalue weighted by Crippen LogP contribution is -2.44. The molecule has 1 aromatic carbocycles. The van der Waals surface area contributed by atoms with Gasteiger partial charge in [-0.2, -0.15) is 0 Å². The number of carbonyl (C=O) groups is 2. The number of benzene rings is 1. The fourth-order valence-corrected chi connectivity index (χ4v) is 2.01. The molecule has 20 heavy (non-hydrogen) atoms. The number of hydrogen-bond acceptors (Lipinski definition) is 5. The van der Waals surface area contributed by atoms with E-state index in [0.29, 0.717) is 4.90 Å². The van der Waals surface area contributed by atoms with Gasteiger partial charge < -0.3 is 15.2 Å². The summed E-state index contributed by atoms with van der Waals surface area (Å²) >= 11 is 0.971. The zero-order valence-corrected chi connectivity index (χ0v) is 11.4. The topological polar surface area (TPSA) is 75.6 Å². The smallest absolute Gasteiger partial charge is 0.330 e. The standard InChI is InChI=1S/C12H13F2NO4S/c1-19-12(18)10(5-16)15-11(17)6-20-7-2-3-8(13)9(14)4-7/h2-4,10,16H,5-6H2,1H3,(H,15,17). The molecule has 0 fully saturated rings. The lowest BCUT2D eigenvalue weighted by atomic mass is 10.3. The minimum atomic E-state index is -1.14. The first kappa shape index (κ1) is 16.4. The van der Waals surface area contributed by atoms with Gasteiger partial charge in [0, 0.05) is 4.90 Å². The van der Waals surface area contributed by atoms with Crippen LogP contribution in [0.3, 0.4) is 0 Å². The summed E-state index contributed by atoms with van der Waals surface area (Å²) in [6, 6.07) is 2.12. The molecule has 0 aromatic heterocycles. The Balaban J connectivity index is 2.50. The Labute approximate surface area is 118 Å². The second-order valence-electron chi connectivity index (χ2n) is 3.69. The Morgan fingerprint density at radius 2 is 2.10 bits per heavy atom. The van der Waals surface area contributed by atoms with Gasteiger partial charge in [-0.15, -0.1) is 11.8 Å². The van der Waals surface area contributed by atoms with Crippen LogP contribution in [0.2, 0.25) is 0 Å². The number of halogens is 2. The quantitative estimate of drug-likeness (QED) is 0.598. The molecular weight excluding hydrogens is 292 g/mol. The molecule has 1 unspecified atom stereocenters. The lowest BCUT2D eigenvalue weighted by molar-refractivity contribution is -0.145. The van der Waals surface area contributed by atoms with Crippen LogP contribution in [0.1, 0.15) is 0 Å². The minimum Gasteiger partial charge on any atom is -0.467 e. The van der Waals surface area contributed by atoms with Crippen LogP contribution in [0, 0.1) is 11.6 Å². The summed E-state index contributed by atoms with van der Waals surface area (Å²) in [5, 5.41) is 11.2. The zero-order chi connectivity index (χ0) is 15.1. The fraction of sp³-hybridized carbons (Fsp3) is 0.333. The van der Waals surface area contributed by atoms with E-state index in [4.69, 9.17) is 5.11 Å². The highest BCUT2D eigenvalue weighted by atomic mass is 32.2. The normalized spacial score (nSPS) is 11.8. The highest BCUT2D eigenvalue weighted by Crippen LogP contribution is 2.20. The third kappa shape index (κ3) is 4.78. The van der Waals surface area contributed by atoms with Gasteiger partial charge in [0.2, 0.25) is 5.91 Å². The van der Waals surface area contributed by atoms with E-state index in [2.05, 4.69) is 10.1 Å². The number of esters is 1. The SMILES string of the molecule is COC(=O)C(CO)NC(=O)CSc1ccc(F)c(F)c1. The molecule has 0 heterocycles. The molecule has 0 aliphatic rings. The van der Waals surface area contributed by atoms with Crippen LogP contribution >= 0.6 is 11.8 Å². The summed E-state index contributed by atoms with van der Waals surface area (Å²) in [6.07, 6.45) is 0. The first-order valence-electron chi connectivity index (χ1n) is 5.53. The average molecular weight is 305 g/mol. The number of thioether (sulfide) groups is 1. The van der Waals surface area contributed by atoms with Crippen LogP contribution in [-0.2, 0) is 14.3 Å². The van der Waals surface area contributed by atoms with Crippen LogP contribution in [-0.4, -0.2) is 42.5 Å². The molecule has 1 rings (SSSR count). The van der Waals surface area contributed by atoms with Crippen molar-refractivity contribution in [3.05, 3.63) is 29.8 Å². The van der Waals surface area contributed by atoms with E-state index in [9.17, 15) is 18.4 Å². The van der Waals surface area contributed by atoms with Gasteiger partial charge in [0.05, 0.1) is 19.5 Å². The van der Waals surface area contributed by atoms with Gasteiger partial charge >= 0.3 is 5.97 Å². The molecule has 1 atom stereocenters. The molecule has 0 aliphatic carbocycles. The van der Waals surface area contributed by atoms with Gasteiger partial charge in [-0.05, 0) is 18.2 Å². The van der Waals surface area contributed by atoms with Crippen LogP contribution in [0.25, 0.3) is 0 Å². The maximum atomic E-state index is 12.9. The number of rotatable bonds is 6. The second-order valence-corrected chi connectivity index (χ2v) is 4.74. The van der Waals surface area contributed by atoms with Gasteiger partial charge in [0.15, 0.2) is 17.7 Å². The highest BCUT2D eigenvalue weighted by Gasteiger charge is 2.20. The number of amides is 1. The summed E-state index contributed by atoms with van der Waals surface area (Å²) in [5.74, 6) is -3.38. The van der Waals surface area contributed by atoms with Crippen molar-refractivity contribution in [2.75, 3.05) is 19.5 Å². The van der Waals surface area contributed by atoms with Crippen molar-refractivity contribution < 1.29 is 28.2 Å². The summed E-state index contributed by atoms with van der Waals surface area (Å²) in [5.41, 5.74) is 0. The Morgan fingerprint density at radius 1 is 1.40 bits per heavy atom. The molecule has 110 valence electrons. The lowest BCUT2D eigenvalue weighted by Gasteiger charge is -2.13. The third-order valence-electron chi connectivity index (χ3n) is 2.26. The number of aliphatic hydroxyl groups excluding tert-OH is 1. The zero-order valence-electron chi connectivity index (χ0n) is 10.6. The van der Waals surface area contributed by atoms with Gasteiger partial charge in [-0.3, -0.25) is 4.79 Å². The molecule has 1 amide bonds. The molecule has 1 aromatic rings. The molecule has 2 N–H and O–H groups in total. The first-order valence-corrected chi connectivity index (χ1v) is 6.52. The number of aliphatic hydroxyl groups is 1.